The lowest BCUT2D eigenvalue weighted by molar-refractivity contribution is -0.116. The molecule has 0 spiro atoms. The highest BCUT2D eigenvalue weighted by atomic mass is 16.6. The molecular weight excluding hydrogens is 294 g/mol. The smallest absolute Gasteiger partial charge is 0.226 e. The topological polar surface area (TPSA) is 65.4 Å². The van der Waals surface area contributed by atoms with Gasteiger partial charge in [0, 0.05) is 23.9 Å². The Morgan fingerprint density at radius 3 is 2.70 bits per heavy atom. The minimum absolute atomic E-state index is 0.000843. The molecule has 0 bridgehead atoms. The molecule has 1 aliphatic rings. The first kappa shape index (κ1) is 15.4. The molecule has 1 aromatic carbocycles. The molecule has 1 N–H and O–H groups in total. The molecule has 1 amide bonds. The number of carbonyl (C=O) groups is 1. The van der Waals surface area contributed by atoms with E-state index in [2.05, 4.69) is 10.4 Å². The highest BCUT2D eigenvalue weighted by Crippen LogP contribution is 2.32. The highest BCUT2D eigenvalue weighted by Gasteiger charge is 2.16. The van der Waals surface area contributed by atoms with Crippen LogP contribution in [0.5, 0.6) is 11.5 Å². The van der Waals surface area contributed by atoms with Crippen LogP contribution in [0.2, 0.25) is 0 Å². The zero-order chi connectivity index (χ0) is 16.4. The van der Waals surface area contributed by atoms with Gasteiger partial charge >= 0.3 is 0 Å². The van der Waals surface area contributed by atoms with Gasteiger partial charge < -0.3 is 14.8 Å². The summed E-state index contributed by atoms with van der Waals surface area (Å²) >= 11 is 0. The zero-order valence-corrected chi connectivity index (χ0v) is 13.6. The Hall–Kier alpha value is -2.50. The molecule has 122 valence electrons. The molecule has 0 saturated heterocycles. The average Bonchev–Trinajstić information content (AvgIpc) is 2.85. The summed E-state index contributed by atoms with van der Waals surface area (Å²) in [5.41, 5.74) is 2.73. The normalized spacial score (nSPS) is 14.4. The number of ether oxygens (including phenoxy) is 2. The first-order chi connectivity index (χ1) is 11.0. The van der Waals surface area contributed by atoms with Gasteiger partial charge in [-0.2, -0.15) is 5.10 Å². The fraction of sp³-hybridized carbons (Fsp3) is 0.412. The maximum absolute atomic E-state index is 12.3. The van der Waals surface area contributed by atoms with Crippen molar-refractivity contribution in [2.75, 3.05) is 18.5 Å². The minimum atomic E-state index is -0.0540. The number of carbonyl (C=O) groups excluding carboxylic acids is 1. The van der Waals surface area contributed by atoms with E-state index in [0.717, 1.165) is 11.4 Å². The van der Waals surface area contributed by atoms with Crippen molar-refractivity contribution < 1.29 is 14.3 Å². The van der Waals surface area contributed by atoms with Crippen LogP contribution in [0.25, 0.3) is 0 Å². The molecule has 0 aliphatic carbocycles. The van der Waals surface area contributed by atoms with Crippen molar-refractivity contribution in [2.24, 2.45) is 0 Å². The Labute approximate surface area is 135 Å². The molecule has 6 heteroatoms. The molecular formula is C17H21N3O3. The van der Waals surface area contributed by atoms with Gasteiger partial charge in [0.2, 0.25) is 5.91 Å². The number of benzene rings is 1. The van der Waals surface area contributed by atoms with E-state index in [1.165, 1.54) is 0 Å². The predicted octanol–water partition coefficient (Wildman–Crippen LogP) is 2.86. The van der Waals surface area contributed by atoms with Crippen LogP contribution in [-0.2, 0) is 4.79 Å². The van der Waals surface area contributed by atoms with E-state index in [1.54, 1.807) is 6.07 Å². The number of fused-ring (bicyclic) bond motifs is 1. The number of amides is 1. The van der Waals surface area contributed by atoms with E-state index in [9.17, 15) is 4.79 Å². The molecule has 23 heavy (non-hydrogen) atoms. The maximum Gasteiger partial charge on any atom is 0.226 e. The predicted molar refractivity (Wildman–Crippen MR) is 87.1 cm³/mol. The third-order valence-corrected chi connectivity index (χ3v) is 3.77. The van der Waals surface area contributed by atoms with Gasteiger partial charge in [-0.3, -0.25) is 9.48 Å². The number of hydrogen-bond donors (Lipinski definition) is 1. The Bertz CT molecular complexity index is 724. The molecule has 2 aromatic rings. The minimum Gasteiger partial charge on any atom is -0.486 e. The van der Waals surface area contributed by atoms with Gasteiger partial charge in [-0.05, 0) is 39.0 Å². The van der Waals surface area contributed by atoms with Gasteiger partial charge in [0.25, 0.3) is 0 Å². The van der Waals surface area contributed by atoms with E-state index < -0.39 is 0 Å². The number of aryl methyl sites for hydroxylation is 2. The molecule has 0 saturated carbocycles. The fourth-order valence-electron chi connectivity index (χ4n) is 2.78. The van der Waals surface area contributed by atoms with E-state index in [1.807, 2.05) is 43.7 Å². The molecule has 0 fully saturated rings. The maximum atomic E-state index is 12.3. The van der Waals surface area contributed by atoms with Crippen molar-refractivity contribution >= 4 is 11.6 Å². The summed E-state index contributed by atoms with van der Waals surface area (Å²) in [6.07, 6.45) is 0.358. The van der Waals surface area contributed by atoms with Crippen molar-refractivity contribution in [3.63, 3.8) is 0 Å². The van der Waals surface area contributed by atoms with Crippen molar-refractivity contribution in [3.8, 4) is 11.5 Å². The van der Waals surface area contributed by atoms with Crippen LogP contribution in [-0.4, -0.2) is 28.9 Å². The van der Waals surface area contributed by atoms with Gasteiger partial charge in [0.1, 0.15) is 13.2 Å². The second kappa shape index (κ2) is 6.32. The van der Waals surface area contributed by atoms with Crippen LogP contribution >= 0.6 is 0 Å². The third-order valence-electron chi connectivity index (χ3n) is 3.77. The van der Waals surface area contributed by atoms with Crippen LogP contribution in [0.3, 0.4) is 0 Å². The number of nitrogens with zero attached hydrogens (tertiary/aromatic N) is 2. The summed E-state index contributed by atoms with van der Waals surface area (Å²) in [5, 5.41) is 7.33. The molecule has 0 radical (unpaired) electrons. The van der Waals surface area contributed by atoms with Crippen LogP contribution in [0.15, 0.2) is 24.3 Å². The fourth-order valence-corrected chi connectivity index (χ4v) is 2.78. The first-order valence-electron chi connectivity index (χ1n) is 7.75. The SMILES string of the molecule is Cc1cc(C)n([C@H](C)CC(=O)Nc2ccc3c(c2)OCCO3)n1. The molecule has 1 atom stereocenters. The number of anilines is 1. The summed E-state index contributed by atoms with van der Waals surface area (Å²) < 4.78 is 12.9. The summed E-state index contributed by atoms with van der Waals surface area (Å²) in [6.45, 7) is 7.02. The van der Waals surface area contributed by atoms with E-state index in [4.69, 9.17) is 9.47 Å². The largest absolute Gasteiger partial charge is 0.486 e. The molecule has 0 unspecified atom stereocenters. The number of hydrogen-bond acceptors (Lipinski definition) is 4. The van der Waals surface area contributed by atoms with Crippen LogP contribution < -0.4 is 14.8 Å². The van der Waals surface area contributed by atoms with E-state index in [0.29, 0.717) is 36.8 Å². The lowest BCUT2D eigenvalue weighted by atomic mass is 10.2. The molecule has 6 nitrogen and oxygen atoms in total. The lowest BCUT2D eigenvalue weighted by Crippen LogP contribution is -2.19. The Kier molecular flexibility index (Phi) is 4.23. The van der Waals surface area contributed by atoms with Crippen molar-refractivity contribution in [1.82, 2.24) is 9.78 Å². The second-order valence-corrected chi connectivity index (χ2v) is 5.83. The molecule has 3 rings (SSSR count). The van der Waals surface area contributed by atoms with Gasteiger partial charge in [-0.1, -0.05) is 0 Å². The van der Waals surface area contributed by atoms with E-state index >= 15 is 0 Å². The van der Waals surface area contributed by atoms with Crippen molar-refractivity contribution in [1.29, 1.82) is 0 Å². The Morgan fingerprint density at radius 2 is 2.00 bits per heavy atom. The standard InChI is InChI=1S/C17H21N3O3/c1-11-8-12(2)20(19-11)13(3)9-17(21)18-14-4-5-15-16(10-14)23-7-6-22-15/h4-5,8,10,13H,6-7,9H2,1-3H3,(H,18,21)/t13-/m1/s1. The lowest BCUT2D eigenvalue weighted by Gasteiger charge is -2.19. The quantitative estimate of drug-likeness (QED) is 0.942. The second-order valence-electron chi connectivity index (χ2n) is 5.83. The Morgan fingerprint density at radius 1 is 1.26 bits per heavy atom. The summed E-state index contributed by atoms with van der Waals surface area (Å²) in [7, 11) is 0. The van der Waals surface area contributed by atoms with Crippen LogP contribution in [0.1, 0.15) is 30.8 Å². The third kappa shape index (κ3) is 3.47. The first-order valence-corrected chi connectivity index (χ1v) is 7.75. The van der Waals surface area contributed by atoms with Crippen LogP contribution in [0, 0.1) is 13.8 Å². The van der Waals surface area contributed by atoms with Crippen molar-refractivity contribution in [3.05, 3.63) is 35.7 Å². The van der Waals surface area contributed by atoms with E-state index in [-0.39, 0.29) is 11.9 Å². The Balaban J connectivity index is 1.64. The van der Waals surface area contributed by atoms with Crippen LogP contribution in [0.4, 0.5) is 5.69 Å². The summed E-state index contributed by atoms with van der Waals surface area (Å²) in [6, 6.07) is 7.43. The number of rotatable bonds is 4. The van der Waals surface area contributed by atoms with Gasteiger partial charge in [-0.15, -0.1) is 0 Å². The summed E-state index contributed by atoms with van der Waals surface area (Å²) in [4.78, 5) is 12.3. The average molecular weight is 315 g/mol. The molecule has 2 heterocycles. The molecule has 1 aromatic heterocycles. The van der Waals surface area contributed by atoms with Gasteiger partial charge in [0.15, 0.2) is 11.5 Å². The van der Waals surface area contributed by atoms with Gasteiger partial charge in [0.05, 0.1) is 11.7 Å². The zero-order valence-electron chi connectivity index (χ0n) is 13.6. The highest BCUT2D eigenvalue weighted by molar-refractivity contribution is 5.91. The van der Waals surface area contributed by atoms with Gasteiger partial charge in [-0.25, -0.2) is 0 Å². The monoisotopic (exact) mass is 315 g/mol. The number of aromatic nitrogens is 2. The molecule has 1 aliphatic heterocycles. The number of nitrogens with one attached hydrogen (secondary N) is 1. The summed E-state index contributed by atoms with van der Waals surface area (Å²) in [5.74, 6) is 1.33. The van der Waals surface area contributed by atoms with Crippen molar-refractivity contribution in [2.45, 2.75) is 33.2 Å².